The lowest BCUT2D eigenvalue weighted by molar-refractivity contribution is 0.104. The molecule has 0 bridgehead atoms. The number of rotatable bonds is 6. The van der Waals surface area contributed by atoms with Gasteiger partial charge in [-0.1, -0.05) is 72.4 Å². The minimum absolute atomic E-state index is 0.00112. The second kappa shape index (κ2) is 8.36. The van der Waals surface area contributed by atoms with Crippen molar-refractivity contribution >= 4 is 23.2 Å². The van der Waals surface area contributed by atoms with Crippen LogP contribution in [0.15, 0.2) is 106 Å². The lowest BCUT2D eigenvalue weighted by atomic mass is 10.1. The molecule has 3 rings (SSSR count). The van der Waals surface area contributed by atoms with Crippen LogP contribution in [-0.2, 0) is 0 Å². The molecule has 0 spiro atoms. The number of benzene rings is 3. The Morgan fingerprint density at radius 1 is 0.840 bits per heavy atom. The van der Waals surface area contributed by atoms with Crippen molar-refractivity contribution in [3.8, 4) is 0 Å². The first-order valence-corrected chi connectivity index (χ1v) is 8.90. The zero-order chi connectivity index (χ0) is 17.5. The predicted molar refractivity (Wildman–Crippen MR) is 105 cm³/mol. The van der Waals surface area contributed by atoms with E-state index in [-0.39, 0.29) is 5.78 Å². The maximum absolute atomic E-state index is 12.3. The fourth-order valence-electron chi connectivity index (χ4n) is 2.41. The quantitative estimate of drug-likeness (QED) is 0.436. The second-order valence-corrected chi connectivity index (χ2v) is 6.71. The lowest BCUT2D eigenvalue weighted by Crippen LogP contribution is -2.02. The van der Waals surface area contributed by atoms with E-state index in [0.29, 0.717) is 5.56 Å². The molecule has 0 saturated carbocycles. The highest BCUT2D eigenvalue weighted by Gasteiger charge is 2.06. The number of nitrogens with one attached hydrogen (secondary N) is 1. The number of hydrogen-bond donors (Lipinski definition) is 1. The second-order valence-electron chi connectivity index (χ2n) is 5.59. The summed E-state index contributed by atoms with van der Waals surface area (Å²) >= 11 is 1.70. The normalized spacial score (nSPS) is 11.2. The third-order valence-corrected chi connectivity index (χ3v) is 4.68. The van der Waals surface area contributed by atoms with Crippen LogP contribution in [0.3, 0.4) is 0 Å². The van der Waals surface area contributed by atoms with Crippen molar-refractivity contribution in [2.45, 2.75) is 16.7 Å². The molecule has 0 aliphatic rings. The minimum atomic E-state index is -0.00112. The van der Waals surface area contributed by atoms with Gasteiger partial charge in [0.05, 0.1) is 5.69 Å². The fraction of sp³-hybridized carbons (Fsp3) is 0.0455. The number of carbonyl (C=O) groups excluding carboxylic acids is 1. The van der Waals surface area contributed by atoms with E-state index >= 15 is 0 Å². The molecule has 3 aromatic carbocycles. The van der Waals surface area contributed by atoms with Crippen LogP contribution >= 0.6 is 11.8 Å². The molecule has 0 saturated heterocycles. The van der Waals surface area contributed by atoms with E-state index in [4.69, 9.17) is 0 Å². The molecule has 0 aliphatic carbocycles. The van der Waals surface area contributed by atoms with Gasteiger partial charge in [-0.15, -0.1) is 0 Å². The standard InChI is InChI=1S/C22H19NOS/c1-17(16-21(24)18-10-4-2-5-11-18)23-20-14-8-9-15-22(20)25-19-12-6-3-7-13-19/h2-16,23H,1H3/b17-16+. The number of para-hydroxylation sites is 1. The topological polar surface area (TPSA) is 29.1 Å². The Hall–Kier alpha value is -2.78. The first-order valence-electron chi connectivity index (χ1n) is 8.09. The molecular formula is C22H19NOS. The van der Waals surface area contributed by atoms with Crippen LogP contribution in [0.4, 0.5) is 5.69 Å². The average molecular weight is 345 g/mol. The highest BCUT2D eigenvalue weighted by atomic mass is 32.2. The van der Waals surface area contributed by atoms with E-state index in [2.05, 4.69) is 23.5 Å². The highest BCUT2D eigenvalue weighted by molar-refractivity contribution is 7.99. The van der Waals surface area contributed by atoms with Gasteiger partial charge in [0, 0.05) is 27.1 Å². The molecule has 124 valence electrons. The van der Waals surface area contributed by atoms with E-state index in [1.165, 1.54) is 4.90 Å². The van der Waals surface area contributed by atoms with Gasteiger partial charge in [-0.3, -0.25) is 4.79 Å². The van der Waals surface area contributed by atoms with Crippen LogP contribution in [0.1, 0.15) is 17.3 Å². The third-order valence-electron chi connectivity index (χ3n) is 3.60. The molecule has 0 aromatic heterocycles. The van der Waals surface area contributed by atoms with Gasteiger partial charge < -0.3 is 5.32 Å². The summed E-state index contributed by atoms with van der Waals surface area (Å²) in [4.78, 5) is 14.6. The highest BCUT2D eigenvalue weighted by Crippen LogP contribution is 2.33. The Morgan fingerprint density at radius 3 is 2.16 bits per heavy atom. The molecule has 0 aliphatic heterocycles. The van der Waals surface area contributed by atoms with Crippen LogP contribution in [0.2, 0.25) is 0 Å². The summed E-state index contributed by atoms with van der Waals surface area (Å²) in [5.74, 6) is -0.00112. The van der Waals surface area contributed by atoms with Crippen molar-refractivity contribution in [2.75, 3.05) is 5.32 Å². The number of hydrogen-bond acceptors (Lipinski definition) is 3. The van der Waals surface area contributed by atoms with E-state index in [0.717, 1.165) is 16.3 Å². The van der Waals surface area contributed by atoms with Crippen molar-refractivity contribution in [3.63, 3.8) is 0 Å². The summed E-state index contributed by atoms with van der Waals surface area (Å²) in [5, 5.41) is 3.35. The first-order chi connectivity index (χ1) is 12.2. The Balaban J connectivity index is 1.76. The third kappa shape index (κ3) is 4.85. The summed E-state index contributed by atoms with van der Waals surface area (Å²) in [7, 11) is 0. The van der Waals surface area contributed by atoms with Crippen LogP contribution in [-0.4, -0.2) is 5.78 Å². The first kappa shape index (κ1) is 17.1. The Labute approximate surface area is 152 Å². The average Bonchev–Trinajstić information content (AvgIpc) is 2.65. The summed E-state index contributed by atoms with van der Waals surface area (Å²) in [6, 6.07) is 27.6. The Kier molecular flexibility index (Phi) is 5.70. The lowest BCUT2D eigenvalue weighted by Gasteiger charge is -2.12. The van der Waals surface area contributed by atoms with Crippen LogP contribution in [0.5, 0.6) is 0 Å². The predicted octanol–water partition coefficient (Wildman–Crippen LogP) is 6.04. The minimum Gasteiger partial charge on any atom is -0.358 e. The number of ketones is 1. The molecular weight excluding hydrogens is 326 g/mol. The van der Waals surface area contributed by atoms with Gasteiger partial charge in [-0.25, -0.2) is 0 Å². The smallest absolute Gasteiger partial charge is 0.187 e. The fourth-order valence-corrected chi connectivity index (χ4v) is 3.33. The van der Waals surface area contributed by atoms with Crippen molar-refractivity contribution in [1.82, 2.24) is 0 Å². The molecule has 1 N–H and O–H groups in total. The zero-order valence-corrected chi connectivity index (χ0v) is 14.8. The van der Waals surface area contributed by atoms with Gasteiger partial charge in [-0.2, -0.15) is 0 Å². The molecule has 0 amide bonds. The maximum atomic E-state index is 12.3. The monoisotopic (exact) mass is 345 g/mol. The van der Waals surface area contributed by atoms with Gasteiger partial charge in [-0.05, 0) is 31.2 Å². The van der Waals surface area contributed by atoms with E-state index in [1.807, 2.05) is 73.7 Å². The number of allylic oxidation sites excluding steroid dienone is 2. The maximum Gasteiger partial charge on any atom is 0.187 e. The molecule has 2 nitrogen and oxygen atoms in total. The zero-order valence-electron chi connectivity index (χ0n) is 14.0. The molecule has 0 atom stereocenters. The largest absolute Gasteiger partial charge is 0.358 e. The van der Waals surface area contributed by atoms with Gasteiger partial charge in [0.1, 0.15) is 0 Å². The van der Waals surface area contributed by atoms with Gasteiger partial charge >= 0.3 is 0 Å². The summed E-state index contributed by atoms with van der Waals surface area (Å²) < 4.78 is 0. The molecule has 0 fully saturated rings. The Bertz CT molecular complexity index is 873. The van der Waals surface area contributed by atoms with Gasteiger partial charge in [0.15, 0.2) is 5.78 Å². The molecule has 0 radical (unpaired) electrons. The van der Waals surface area contributed by atoms with Gasteiger partial charge in [0.25, 0.3) is 0 Å². The van der Waals surface area contributed by atoms with Crippen molar-refractivity contribution in [2.24, 2.45) is 0 Å². The summed E-state index contributed by atoms with van der Waals surface area (Å²) in [6.45, 7) is 1.91. The van der Waals surface area contributed by atoms with E-state index < -0.39 is 0 Å². The van der Waals surface area contributed by atoms with Gasteiger partial charge in [0.2, 0.25) is 0 Å². The van der Waals surface area contributed by atoms with Crippen molar-refractivity contribution in [3.05, 3.63) is 102 Å². The summed E-state index contributed by atoms with van der Waals surface area (Å²) in [5.41, 5.74) is 2.50. The van der Waals surface area contributed by atoms with Crippen molar-refractivity contribution < 1.29 is 4.79 Å². The van der Waals surface area contributed by atoms with Crippen LogP contribution < -0.4 is 5.32 Å². The molecule has 0 heterocycles. The number of anilines is 1. The SMILES string of the molecule is C/C(=C\C(=O)c1ccccc1)Nc1ccccc1Sc1ccccc1. The Morgan fingerprint density at radius 2 is 1.44 bits per heavy atom. The van der Waals surface area contributed by atoms with Crippen LogP contribution in [0, 0.1) is 0 Å². The van der Waals surface area contributed by atoms with E-state index in [1.54, 1.807) is 17.8 Å². The molecule has 3 aromatic rings. The molecule has 0 unspecified atom stereocenters. The van der Waals surface area contributed by atoms with E-state index in [9.17, 15) is 4.79 Å². The molecule has 25 heavy (non-hydrogen) atoms. The molecule has 3 heteroatoms. The summed E-state index contributed by atoms with van der Waals surface area (Å²) in [6.07, 6.45) is 1.64. The van der Waals surface area contributed by atoms with Crippen molar-refractivity contribution in [1.29, 1.82) is 0 Å². The number of carbonyl (C=O) groups is 1. The van der Waals surface area contributed by atoms with Crippen LogP contribution in [0.25, 0.3) is 0 Å².